The normalized spacial score (nSPS) is 11.2. The topological polar surface area (TPSA) is 150 Å². The lowest BCUT2D eigenvalue weighted by Gasteiger charge is -2.06. The van der Waals surface area contributed by atoms with Crippen molar-refractivity contribution in [3.05, 3.63) is 41.6 Å². The van der Waals surface area contributed by atoms with Crippen molar-refractivity contribution < 1.29 is 0 Å². The molecule has 7 N–H and O–H groups in total. The second-order valence-electron chi connectivity index (χ2n) is 5.89. The summed E-state index contributed by atoms with van der Waals surface area (Å²) in [5.41, 5.74) is 23.3. The predicted molar refractivity (Wildman–Crippen MR) is 96.4 cm³/mol. The summed E-state index contributed by atoms with van der Waals surface area (Å²) in [6.07, 6.45) is 1.68. The summed E-state index contributed by atoms with van der Waals surface area (Å²) in [4.78, 5) is 11.6. The molecule has 4 aromatic rings. The maximum atomic E-state index is 5.88. The van der Waals surface area contributed by atoms with Gasteiger partial charge in [-0.2, -0.15) is 4.98 Å². The first kappa shape index (κ1) is 14.9. The first-order valence-corrected chi connectivity index (χ1v) is 7.67. The number of nitrogens with zero attached hydrogens (tertiary/aromatic N) is 5. The van der Waals surface area contributed by atoms with Crippen molar-refractivity contribution in [2.24, 2.45) is 0 Å². The number of nitrogens with one attached hydrogen (secondary N) is 1. The van der Waals surface area contributed by atoms with E-state index in [0.29, 0.717) is 34.8 Å². The highest BCUT2D eigenvalue weighted by molar-refractivity contribution is 5.87. The van der Waals surface area contributed by atoms with Crippen molar-refractivity contribution >= 4 is 28.5 Å². The van der Waals surface area contributed by atoms with Gasteiger partial charge in [-0.05, 0) is 30.2 Å². The van der Waals surface area contributed by atoms with Crippen LogP contribution in [0.3, 0.4) is 0 Å². The SMILES string of the molecule is Cc1cc(Cn2nnc3c(-c4cc(N)c[nH]4)nc(N)nc32)ccc1N. The minimum absolute atomic E-state index is 0.146. The van der Waals surface area contributed by atoms with Crippen LogP contribution in [0.15, 0.2) is 30.5 Å². The molecule has 3 heterocycles. The van der Waals surface area contributed by atoms with Crippen molar-refractivity contribution in [1.82, 2.24) is 29.9 Å². The summed E-state index contributed by atoms with van der Waals surface area (Å²) in [6.45, 7) is 2.46. The molecule has 126 valence electrons. The number of fused-ring (bicyclic) bond motifs is 1. The van der Waals surface area contributed by atoms with Gasteiger partial charge >= 0.3 is 0 Å². The van der Waals surface area contributed by atoms with Crippen LogP contribution < -0.4 is 17.2 Å². The quantitative estimate of drug-likeness (QED) is 0.412. The van der Waals surface area contributed by atoms with Crippen LogP contribution in [-0.2, 0) is 6.54 Å². The summed E-state index contributed by atoms with van der Waals surface area (Å²) in [7, 11) is 0. The van der Waals surface area contributed by atoms with Gasteiger partial charge in [0.15, 0.2) is 11.2 Å². The molecule has 0 spiro atoms. The number of rotatable bonds is 3. The number of hydrogen-bond acceptors (Lipinski definition) is 7. The first-order chi connectivity index (χ1) is 12.0. The first-order valence-electron chi connectivity index (χ1n) is 7.67. The fourth-order valence-corrected chi connectivity index (χ4v) is 2.72. The van der Waals surface area contributed by atoms with E-state index < -0.39 is 0 Å². The summed E-state index contributed by atoms with van der Waals surface area (Å²) < 4.78 is 1.69. The van der Waals surface area contributed by atoms with E-state index in [9.17, 15) is 0 Å². The zero-order chi connectivity index (χ0) is 17.6. The van der Waals surface area contributed by atoms with Crippen molar-refractivity contribution in [2.75, 3.05) is 17.2 Å². The highest BCUT2D eigenvalue weighted by Gasteiger charge is 2.16. The number of aryl methyl sites for hydroxylation is 1. The second-order valence-corrected chi connectivity index (χ2v) is 5.89. The maximum Gasteiger partial charge on any atom is 0.222 e. The maximum absolute atomic E-state index is 5.88. The Morgan fingerprint density at radius 3 is 2.68 bits per heavy atom. The van der Waals surface area contributed by atoms with Crippen LogP contribution >= 0.6 is 0 Å². The predicted octanol–water partition coefficient (Wildman–Crippen LogP) is 1.32. The zero-order valence-electron chi connectivity index (χ0n) is 13.6. The van der Waals surface area contributed by atoms with E-state index in [2.05, 4.69) is 25.3 Å². The lowest BCUT2D eigenvalue weighted by Crippen LogP contribution is -2.05. The average molecular weight is 335 g/mol. The molecule has 0 bridgehead atoms. The van der Waals surface area contributed by atoms with Gasteiger partial charge in [-0.15, -0.1) is 5.10 Å². The summed E-state index contributed by atoms with van der Waals surface area (Å²) >= 11 is 0. The van der Waals surface area contributed by atoms with Gasteiger partial charge in [0.2, 0.25) is 5.95 Å². The third kappa shape index (κ3) is 2.61. The van der Waals surface area contributed by atoms with Crippen LogP contribution in [0.2, 0.25) is 0 Å². The largest absolute Gasteiger partial charge is 0.399 e. The number of benzene rings is 1. The van der Waals surface area contributed by atoms with Gasteiger partial charge in [-0.3, -0.25) is 0 Å². The summed E-state index contributed by atoms with van der Waals surface area (Å²) in [5.74, 6) is 0.146. The number of nitrogen functional groups attached to an aromatic ring is 3. The Labute approximate surface area is 142 Å². The number of hydrogen-bond donors (Lipinski definition) is 4. The average Bonchev–Trinajstić information content (AvgIpc) is 3.17. The smallest absolute Gasteiger partial charge is 0.222 e. The van der Waals surface area contributed by atoms with Gasteiger partial charge in [0, 0.05) is 17.6 Å². The minimum atomic E-state index is 0.146. The number of aromatic amines is 1. The summed E-state index contributed by atoms with van der Waals surface area (Å²) in [6, 6.07) is 7.61. The zero-order valence-corrected chi connectivity index (χ0v) is 13.6. The second kappa shape index (κ2) is 5.48. The molecular weight excluding hydrogens is 318 g/mol. The molecule has 0 unspecified atom stereocenters. The van der Waals surface area contributed by atoms with Gasteiger partial charge in [-0.25, -0.2) is 9.67 Å². The van der Waals surface area contributed by atoms with Crippen LogP contribution in [0.1, 0.15) is 11.1 Å². The van der Waals surface area contributed by atoms with Gasteiger partial charge in [0.1, 0.15) is 5.69 Å². The van der Waals surface area contributed by atoms with E-state index in [1.807, 2.05) is 25.1 Å². The van der Waals surface area contributed by atoms with E-state index in [4.69, 9.17) is 17.2 Å². The number of H-pyrrole nitrogens is 1. The van der Waals surface area contributed by atoms with Gasteiger partial charge in [-0.1, -0.05) is 17.3 Å². The lowest BCUT2D eigenvalue weighted by atomic mass is 10.1. The Kier molecular flexibility index (Phi) is 3.27. The Bertz CT molecular complexity index is 1080. The standard InChI is InChI=1S/C16H17N9/c1-8-4-9(2-3-11(8)18)7-25-15-14(23-24-25)13(21-16(19)22-15)12-5-10(17)6-20-12/h2-6,20H,7,17-18H2,1H3,(H2,19,21,22). The molecule has 0 saturated carbocycles. The Balaban J connectivity index is 1.81. The third-order valence-corrected chi connectivity index (χ3v) is 4.01. The molecule has 9 heteroatoms. The van der Waals surface area contributed by atoms with E-state index in [1.54, 1.807) is 16.9 Å². The molecule has 0 fully saturated rings. The van der Waals surface area contributed by atoms with Crippen LogP contribution in [0, 0.1) is 6.92 Å². The monoisotopic (exact) mass is 335 g/mol. The molecule has 0 aliphatic heterocycles. The van der Waals surface area contributed by atoms with Crippen molar-refractivity contribution in [2.45, 2.75) is 13.5 Å². The number of anilines is 3. The van der Waals surface area contributed by atoms with Crippen LogP contribution in [-0.4, -0.2) is 29.9 Å². The van der Waals surface area contributed by atoms with E-state index in [-0.39, 0.29) is 5.95 Å². The molecular formula is C16H17N9. The molecule has 0 radical (unpaired) electrons. The molecule has 1 aromatic carbocycles. The minimum Gasteiger partial charge on any atom is -0.399 e. The Morgan fingerprint density at radius 2 is 1.96 bits per heavy atom. The fourth-order valence-electron chi connectivity index (χ4n) is 2.72. The van der Waals surface area contributed by atoms with E-state index in [1.165, 1.54) is 0 Å². The van der Waals surface area contributed by atoms with Gasteiger partial charge in [0.25, 0.3) is 0 Å². The van der Waals surface area contributed by atoms with Crippen LogP contribution in [0.4, 0.5) is 17.3 Å². The molecule has 3 aromatic heterocycles. The van der Waals surface area contributed by atoms with Gasteiger partial charge in [0.05, 0.1) is 12.2 Å². The molecule has 25 heavy (non-hydrogen) atoms. The highest BCUT2D eigenvalue weighted by Crippen LogP contribution is 2.26. The van der Waals surface area contributed by atoms with Crippen LogP contribution in [0.5, 0.6) is 0 Å². The molecule has 0 atom stereocenters. The fraction of sp³-hybridized carbons (Fsp3) is 0.125. The molecule has 0 aliphatic rings. The highest BCUT2D eigenvalue weighted by atomic mass is 15.4. The van der Waals surface area contributed by atoms with Crippen molar-refractivity contribution in [3.63, 3.8) is 0 Å². The van der Waals surface area contributed by atoms with Crippen molar-refractivity contribution in [1.29, 1.82) is 0 Å². The van der Waals surface area contributed by atoms with Gasteiger partial charge < -0.3 is 22.2 Å². The Morgan fingerprint density at radius 1 is 1.12 bits per heavy atom. The molecule has 0 aliphatic carbocycles. The lowest BCUT2D eigenvalue weighted by molar-refractivity contribution is 0.664. The third-order valence-electron chi connectivity index (χ3n) is 4.01. The molecule has 0 amide bonds. The molecule has 9 nitrogen and oxygen atoms in total. The summed E-state index contributed by atoms with van der Waals surface area (Å²) in [5, 5.41) is 8.44. The van der Waals surface area contributed by atoms with E-state index >= 15 is 0 Å². The van der Waals surface area contributed by atoms with Crippen LogP contribution in [0.25, 0.3) is 22.6 Å². The molecule has 4 rings (SSSR count). The Hall–Kier alpha value is -3.62. The van der Waals surface area contributed by atoms with Crippen molar-refractivity contribution in [3.8, 4) is 11.4 Å². The number of aromatic nitrogens is 6. The number of nitrogens with two attached hydrogens (primary N) is 3. The van der Waals surface area contributed by atoms with E-state index in [0.717, 1.165) is 16.8 Å². The molecule has 0 saturated heterocycles.